The molecule has 5 nitrogen and oxygen atoms in total. The third-order valence-corrected chi connectivity index (χ3v) is 4.74. The largest absolute Gasteiger partial charge is 0.454 e. The van der Waals surface area contributed by atoms with Gasteiger partial charge in [-0.2, -0.15) is 0 Å². The lowest BCUT2D eigenvalue weighted by molar-refractivity contribution is -0.117. The number of nitrogens with one attached hydrogen (secondary N) is 1. The zero-order valence-electron chi connectivity index (χ0n) is 13.6. The summed E-state index contributed by atoms with van der Waals surface area (Å²) in [7, 11) is 1.65. The molecule has 0 bridgehead atoms. The topological polar surface area (TPSA) is 56.8 Å². The van der Waals surface area contributed by atoms with Gasteiger partial charge in [0, 0.05) is 29.5 Å². The summed E-state index contributed by atoms with van der Waals surface area (Å²) in [5.41, 5.74) is 0.881. The Bertz CT molecular complexity index is 753. The Kier molecular flexibility index (Phi) is 5.17. The molecule has 2 heterocycles. The summed E-state index contributed by atoms with van der Waals surface area (Å²) in [5.74, 6) is 1.26. The van der Waals surface area contributed by atoms with Crippen molar-refractivity contribution in [3.63, 3.8) is 0 Å². The van der Waals surface area contributed by atoms with Crippen molar-refractivity contribution in [2.75, 3.05) is 20.4 Å². The molecule has 3 rings (SSSR count). The third-order valence-electron chi connectivity index (χ3n) is 3.65. The van der Waals surface area contributed by atoms with E-state index in [0.29, 0.717) is 12.3 Å². The minimum atomic E-state index is -0.164. The van der Waals surface area contributed by atoms with Gasteiger partial charge in [0.25, 0.3) is 0 Å². The number of methoxy groups -OCH3 is 1. The highest BCUT2D eigenvalue weighted by atomic mass is 32.1. The Morgan fingerprint density at radius 1 is 1.33 bits per heavy atom. The predicted molar refractivity (Wildman–Crippen MR) is 93.4 cm³/mol. The van der Waals surface area contributed by atoms with Crippen LogP contribution < -0.4 is 14.8 Å². The summed E-state index contributed by atoms with van der Waals surface area (Å²) < 4.78 is 16.0. The van der Waals surface area contributed by atoms with Crippen LogP contribution in [0.1, 0.15) is 21.4 Å². The van der Waals surface area contributed by atoms with Gasteiger partial charge in [-0.15, -0.1) is 11.3 Å². The first-order chi connectivity index (χ1) is 11.7. The summed E-state index contributed by atoms with van der Waals surface area (Å²) in [6, 6.07) is 9.64. The maximum atomic E-state index is 12.0. The van der Waals surface area contributed by atoms with Gasteiger partial charge in [-0.05, 0) is 42.8 Å². The van der Waals surface area contributed by atoms with E-state index in [1.165, 1.54) is 11.0 Å². The Labute approximate surface area is 144 Å². The fourth-order valence-corrected chi connectivity index (χ4v) is 3.32. The smallest absolute Gasteiger partial charge is 0.244 e. The summed E-state index contributed by atoms with van der Waals surface area (Å²) in [6.45, 7) is 2.72. The number of ether oxygens (including phenoxy) is 3. The maximum Gasteiger partial charge on any atom is 0.244 e. The van der Waals surface area contributed by atoms with Gasteiger partial charge in [0.1, 0.15) is 6.10 Å². The second-order valence-electron chi connectivity index (χ2n) is 5.36. The standard InChI is InChI=1S/C18H19NO4S/c1-12-3-7-17(24-12)16(21-2)10-19-18(20)8-5-13-4-6-14-15(9-13)23-11-22-14/h3-9,16H,10-11H2,1-2H3,(H,19,20)/b8-5+. The molecule has 1 amide bonds. The summed E-state index contributed by atoms with van der Waals surface area (Å²) in [5, 5.41) is 2.86. The first-order valence-electron chi connectivity index (χ1n) is 7.60. The Morgan fingerprint density at radius 2 is 2.17 bits per heavy atom. The van der Waals surface area contributed by atoms with Crippen molar-refractivity contribution in [1.82, 2.24) is 5.32 Å². The zero-order valence-corrected chi connectivity index (χ0v) is 14.4. The van der Waals surface area contributed by atoms with E-state index in [9.17, 15) is 4.79 Å². The molecule has 0 fully saturated rings. The van der Waals surface area contributed by atoms with Gasteiger partial charge in [0.15, 0.2) is 11.5 Å². The second kappa shape index (κ2) is 7.51. The number of carbonyl (C=O) groups is 1. The van der Waals surface area contributed by atoms with Crippen LogP contribution in [-0.4, -0.2) is 26.4 Å². The van der Waals surface area contributed by atoms with Crippen LogP contribution in [0.4, 0.5) is 0 Å². The summed E-state index contributed by atoms with van der Waals surface area (Å²) in [4.78, 5) is 14.3. The van der Waals surface area contributed by atoms with E-state index in [1.54, 1.807) is 24.5 Å². The fourth-order valence-electron chi connectivity index (χ4n) is 2.37. The lowest BCUT2D eigenvalue weighted by Gasteiger charge is -2.13. The maximum absolute atomic E-state index is 12.0. The fraction of sp³-hybridized carbons (Fsp3) is 0.278. The highest BCUT2D eigenvalue weighted by molar-refractivity contribution is 7.12. The number of thiophene rings is 1. The van der Waals surface area contributed by atoms with E-state index in [-0.39, 0.29) is 18.8 Å². The average Bonchev–Trinajstić information content (AvgIpc) is 3.22. The minimum absolute atomic E-state index is 0.133. The molecular formula is C18H19NO4S. The second-order valence-corrected chi connectivity index (χ2v) is 6.68. The molecule has 6 heteroatoms. The quantitative estimate of drug-likeness (QED) is 0.816. The Morgan fingerprint density at radius 3 is 2.92 bits per heavy atom. The number of rotatable bonds is 6. The van der Waals surface area contributed by atoms with E-state index in [4.69, 9.17) is 14.2 Å². The Hall–Kier alpha value is -2.31. The van der Waals surface area contributed by atoms with E-state index in [2.05, 4.69) is 5.32 Å². The Balaban J connectivity index is 1.55. The summed E-state index contributed by atoms with van der Waals surface area (Å²) in [6.07, 6.45) is 3.12. The van der Waals surface area contributed by atoms with E-state index < -0.39 is 0 Å². The van der Waals surface area contributed by atoms with Crippen LogP contribution in [0.2, 0.25) is 0 Å². The molecule has 0 aliphatic carbocycles. The molecule has 0 saturated heterocycles. The van der Waals surface area contributed by atoms with Crippen molar-refractivity contribution in [3.8, 4) is 11.5 Å². The van der Waals surface area contributed by atoms with Gasteiger partial charge < -0.3 is 19.5 Å². The highest BCUT2D eigenvalue weighted by Gasteiger charge is 2.14. The van der Waals surface area contributed by atoms with Crippen molar-refractivity contribution in [2.45, 2.75) is 13.0 Å². The van der Waals surface area contributed by atoms with Gasteiger partial charge in [-0.25, -0.2) is 0 Å². The first kappa shape index (κ1) is 16.5. The monoisotopic (exact) mass is 345 g/mol. The number of carbonyl (C=O) groups excluding carboxylic acids is 1. The van der Waals surface area contributed by atoms with Crippen LogP contribution in [0.5, 0.6) is 11.5 Å². The molecule has 1 atom stereocenters. The lowest BCUT2D eigenvalue weighted by atomic mass is 10.2. The van der Waals surface area contributed by atoms with Gasteiger partial charge in [-0.3, -0.25) is 4.79 Å². The van der Waals surface area contributed by atoms with Crippen molar-refractivity contribution >= 4 is 23.3 Å². The number of amides is 1. The van der Waals surface area contributed by atoms with Gasteiger partial charge >= 0.3 is 0 Å². The molecular weight excluding hydrogens is 326 g/mol. The number of benzene rings is 1. The molecule has 1 aromatic heterocycles. The molecule has 1 unspecified atom stereocenters. The van der Waals surface area contributed by atoms with Gasteiger partial charge in [0.05, 0.1) is 0 Å². The normalized spacial score (nSPS) is 14.1. The molecule has 24 heavy (non-hydrogen) atoms. The molecule has 0 saturated carbocycles. The number of hydrogen-bond acceptors (Lipinski definition) is 5. The molecule has 0 spiro atoms. The predicted octanol–water partition coefficient (Wildman–Crippen LogP) is 3.30. The van der Waals surface area contributed by atoms with Crippen LogP contribution in [0, 0.1) is 6.92 Å². The van der Waals surface area contributed by atoms with Crippen LogP contribution >= 0.6 is 11.3 Å². The van der Waals surface area contributed by atoms with Crippen LogP contribution in [0.3, 0.4) is 0 Å². The van der Waals surface area contributed by atoms with Crippen LogP contribution in [0.25, 0.3) is 6.08 Å². The van der Waals surface area contributed by atoms with Crippen molar-refractivity contribution in [3.05, 3.63) is 51.7 Å². The molecule has 1 aliphatic rings. The molecule has 1 aromatic carbocycles. The van der Waals surface area contributed by atoms with Gasteiger partial charge in [-0.1, -0.05) is 6.07 Å². The van der Waals surface area contributed by atoms with Crippen LogP contribution in [-0.2, 0) is 9.53 Å². The number of aryl methyl sites for hydroxylation is 1. The summed E-state index contributed by atoms with van der Waals surface area (Å²) >= 11 is 1.67. The lowest BCUT2D eigenvalue weighted by Crippen LogP contribution is -2.27. The van der Waals surface area contributed by atoms with E-state index in [1.807, 2.05) is 37.3 Å². The molecule has 2 aromatic rings. The van der Waals surface area contributed by atoms with Crippen molar-refractivity contribution < 1.29 is 19.0 Å². The first-order valence-corrected chi connectivity index (χ1v) is 8.42. The van der Waals surface area contributed by atoms with E-state index in [0.717, 1.165) is 16.2 Å². The molecule has 1 N–H and O–H groups in total. The van der Waals surface area contributed by atoms with Crippen molar-refractivity contribution in [2.24, 2.45) is 0 Å². The van der Waals surface area contributed by atoms with Crippen LogP contribution in [0.15, 0.2) is 36.4 Å². The number of fused-ring (bicyclic) bond motifs is 1. The van der Waals surface area contributed by atoms with Crippen molar-refractivity contribution in [1.29, 1.82) is 0 Å². The minimum Gasteiger partial charge on any atom is -0.454 e. The third kappa shape index (κ3) is 3.96. The molecule has 126 valence electrons. The van der Waals surface area contributed by atoms with Gasteiger partial charge in [0.2, 0.25) is 12.7 Å². The highest BCUT2D eigenvalue weighted by Crippen LogP contribution is 2.32. The van der Waals surface area contributed by atoms with E-state index >= 15 is 0 Å². The average molecular weight is 345 g/mol. The molecule has 0 radical (unpaired) electrons. The molecule has 1 aliphatic heterocycles. The SMILES string of the molecule is COC(CNC(=O)/C=C/c1ccc2c(c1)OCO2)c1ccc(C)s1. The number of hydrogen-bond donors (Lipinski definition) is 1. The zero-order chi connectivity index (χ0) is 16.9.